The molecule has 1 atom stereocenters. The van der Waals surface area contributed by atoms with Gasteiger partial charge in [-0.3, -0.25) is 29.4 Å². The number of piperazine rings is 1. The number of methoxy groups -OCH3 is 2. The summed E-state index contributed by atoms with van der Waals surface area (Å²) in [6.45, 7) is 7.98. The average Bonchev–Trinajstić information content (AvgIpc) is 3.60. The minimum atomic E-state index is -0.600. The topological polar surface area (TPSA) is 149 Å². The number of hydrogen-bond donors (Lipinski definition) is 2. The third-order valence-corrected chi connectivity index (χ3v) is 14.8. The van der Waals surface area contributed by atoms with Gasteiger partial charge in [0.25, 0.3) is 11.5 Å². The number of amides is 5. The summed E-state index contributed by atoms with van der Waals surface area (Å²) in [6, 6.07) is 9.53. The van der Waals surface area contributed by atoms with Crippen LogP contribution in [-0.4, -0.2) is 127 Å². The second-order valence-electron chi connectivity index (χ2n) is 18.2. The SMILES string of the molecule is CNC(=O)N1CCc2c(-c3cc(OC)c(CN4CCN(CCC5CCN(c6ccc7c(c6)C(=O)N(C6CCC(=O)NC6=O)C7)CC5)CC45CCC5)c(OC)c3)cn(C)c(=O)c2C1. The molecule has 62 heavy (non-hydrogen) atoms. The molecule has 15 nitrogen and oxygen atoms in total. The zero-order chi connectivity index (χ0) is 43.3. The largest absolute Gasteiger partial charge is 0.496 e. The van der Waals surface area contributed by atoms with Gasteiger partial charge in [0.05, 0.1) is 26.3 Å². The molecule has 3 aromatic rings. The van der Waals surface area contributed by atoms with Crippen molar-refractivity contribution in [3.05, 3.63) is 74.7 Å². The van der Waals surface area contributed by atoms with Crippen molar-refractivity contribution in [2.24, 2.45) is 13.0 Å². The first-order valence-electron chi connectivity index (χ1n) is 22.4. The van der Waals surface area contributed by atoms with Gasteiger partial charge in [-0.2, -0.15) is 0 Å². The van der Waals surface area contributed by atoms with Gasteiger partial charge in [0, 0.05) is 107 Å². The number of carbonyl (C=O) groups is 4. The lowest BCUT2D eigenvalue weighted by Gasteiger charge is -2.56. The molecule has 9 rings (SSSR count). The number of imide groups is 1. The molecule has 0 radical (unpaired) electrons. The van der Waals surface area contributed by atoms with E-state index in [4.69, 9.17) is 9.47 Å². The minimum Gasteiger partial charge on any atom is -0.496 e. The van der Waals surface area contributed by atoms with Crippen molar-refractivity contribution in [1.29, 1.82) is 0 Å². The summed E-state index contributed by atoms with van der Waals surface area (Å²) in [5.74, 6) is 1.42. The Morgan fingerprint density at radius 1 is 0.887 bits per heavy atom. The van der Waals surface area contributed by atoms with Crippen molar-refractivity contribution in [2.45, 2.75) is 89.0 Å². The third kappa shape index (κ3) is 7.71. The monoisotopic (exact) mass is 848 g/mol. The highest BCUT2D eigenvalue weighted by molar-refractivity contribution is 6.05. The zero-order valence-corrected chi connectivity index (χ0v) is 36.6. The Hall–Kier alpha value is -5.41. The van der Waals surface area contributed by atoms with Gasteiger partial charge in [-0.05, 0) is 105 Å². The number of anilines is 1. The van der Waals surface area contributed by atoms with Gasteiger partial charge in [0.15, 0.2) is 0 Å². The van der Waals surface area contributed by atoms with Crippen LogP contribution in [0.1, 0.15) is 84.0 Å². The first-order valence-corrected chi connectivity index (χ1v) is 22.4. The molecule has 1 spiro atoms. The molecule has 2 N–H and O–H groups in total. The fourth-order valence-electron chi connectivity index (χ4n) is 11.0. The standard InChI is InChI=1S/C47H60N8O7/c1-48-46(60)53-19-13-34-36(26-50(2)44(58)37(34)27-53)32-22-40(61-3)38(41(23-32)62-4)28-54-21-20-51(29-47(54)14-5-15-47)16-10-30-11-17-52(18-12-30)33-7-6-31-25-55(45(59)35(31)24-33)39-8-9-42(56)49-43(39)57/h6-7,22-24,26,30,39H,5,8-21,25,27-29H2,1-4H3,(H,48,60)(H,49,56,57). The lowest BCUT2D eigenvalue weighted by atomic mass is 9.73. The maximum Gasteiger partial charge on any atom is 0.317 e. The van der Waals surface area contributed by atoms with E-state index in [-0.39, 0.29) is 47.8 Å². The number of benzene rings is 2. The minimum absolute atomic E-state index is 0.0856. The van der Waals surface area contributed by atoms with Crippen LogP contribution in [0, 0.1) is 5.92 Å². The normalized spacial score (nSPS) is 21.7. The third-order valence-electron chi connectivity index (χ3n) is 14.8. The molecular formula is C47H60N8O7. The summed E-state index contributed by atoms with van der Waals surface area (Å²) in [7, 11) is 6.80. The van der Waals surface area contributed by atoms with E-state index in [1.165, 1.54) is 25.7 Å². The molecule has 1 aromatic heterocycles. The van der Waals surface area contributed by atoms with Crippen molar-refractivity contribution < 1.29 is 28.7 Å². The van der Waals surface area contributed by atoms with E-state index in [9.17, 15) is 24.0 Å². The van der Waals surface area contributed by atoms with Crippen molar-refractivity contribution in [2.75, 3.05) is 72.0 Å². The number of aryl methyl sites for hydroxylation is 1. The van der Waals surface area contributed by atoms with Gasteiger partial charge in [0.1, 0.15) is 17.5 Å². The number of rotatable bonds is 10. The van der Waals surface area contributed by atoms with Gasteiger partial charge in [0.2, 0.25) is 11.8 Å². The zero-order valence-electron chi connectivity index (χ0n) is 36.6. The van der Waals surface area contributed by atoms with Crippen LogP contribution in [0.3, 0.4) is 0 Å². The summed E-state index contributed by atoms with van der Waals surface area (Å²) < 4.78 is 13.8. The first-order chi connectivity index (χ1) is 30.0. The maximum atomic E-state index is 13.4. The highest BCUT2D eigenvalue weighted by atomic mass is 16.5. The van der Waals surface area contributed by atoms with Crippen molar-refractivity contribution in [3.8, 4) is 22.6 Å². The lowest BCUT2D eigenvalue weighted by molar-refractivity contribution is -0.136. The highest BCUT2D eigenvalue weighted by Gasteiger charge is 2.47. The second-order valence-corrected chi connectivity index (χ2v) is 18.2. The molecular weight excluding hydrogens is 789 g/mol. The fraction of sp³-hybridized carbons (Fsp3) is 0.553. The Labute approximate surface area is 363 Å². The molecule has 330 valence electrons. The van der Waals surface area contributed by atoms with E-state index >= 15 is 0 Å². The number of urea groups is 1. The summed E-state index contributed by atoms with van der Waals surface area (Å²) >= 11 is 0. The molecule has 15 heteroatoms. The van der Waals surface area contributed by atoms with E-state index in [1.807, 2.05) is 18.3 Å². The number of ether oxygens (including phenoxy) is 2. The summed E-state index contributed by atoms with van der Waals surface area (Å²) in [5.41, 5.74) is 7.25. The molecule has 2 aromatic carbocycles. The number of pyridine rings is 1. The van der Waals surface area contributed by atoms with Crippen molar-refractivity contribution in [1.82, 2.24) is 34.8 Å². The summed E-state index contributed by atoms with van der Waals surface area (Å²) in [5, 5.41) is 5.08. The quantitative estimate of drug-likeness (QED) is 0.288. The van der Waals surface area contributed by atoms with E-state index in [0.29, 0.717) is 43.0 Å². The smallest absolute Gasteiger partial charge is 0.317 e. The van der Waals surface area contributed by atoms with E-state index < -0.39 is 6.04 Å². The van der Waals surface area contributed by atoms with Crippen molar-refractivity contribution >= 4 is 29.4 Å². The number of aromatic nitrogens is 1. The van der Waals surface area contributed by atoms with Crippen molar-refractivity contribution in [3.63, 3.8) is 0 Å². The number of carbonyl (C=O) groups excluding carboxylic acids is 4. The van der Waals surface area contributed by atoms with Gasteiger partial charge >= 0.3 is 6.03 Å². The summed E-state index contributed by atoms with van der Waals surface area (Å²) in [4.78, 5) is 74.4. The molecule has 6 heterocycles. The van der Waals surface area contributed by atoms with Crippen LogP contribution in [0.15, 0.2) is 41.3 Å². The van der Waals surface area contributed by atoms with E-state index in [2.05, 4.69) is 43.5 Å². The van der Waals surface area contributed by atoms with Crippen LogP contribution in [-0.2, 0) is 42.7 Å². The average molecular weight is 849 g/mol. The Kier molecular flexibility index (Phi) is 11.5. The number of nitrogens with one attached hydrogen (secondary N) is 2. The van der Waals surface area contributed by atoms with Gasteiger partial charge in [-0.25, -0.2) is 4.79 Å². The molecule has 5 aliphatic heterocycles. The molecule has 1 saturated carbocycles. The van der Waals surface area contributed by atoms with E-state index in [1.54, 1.807) is 42.7 Å². The van der Waals surface area contributed by atoms with Crippen LogP contribution >= 0.6 is 0 Å². The molecule has 0 bridgehead atoms. The molecule has 5 amide bonds. The highest BCUT2D eigenvalue weighted by Crippen LogP contribution is 2.45. The Bertz CT molecular complexity index is 2310. The van der Waals surface area contributed by atoms with Crippen LogP contribution in [0.25, 0.3) is 11.1 Å². The molecule has 3 saturated heterocycles. The Morgan fingerprint density at radius 3 is 2.32 bits per heavy atom. The predicted octanol–water partition coefficient (Wildman–Crippen LogP) is 3.88. The Morgan fingerprint density at radius 2 is 1.65 bits per heavy atom. The van der Waals surface area contributed by atoms with Crippen LogP contribution < -0.4 is 30.6 Å². The lowest BCUT2D eigenvalue weighted by Crippen LogP contribution is -2.65. The van der Waals surface area contributed by atoms with E-state index in [0.717, 1.165) is 104 Å². The fourth-order valence-corrected chi connectivity index (χ4v) is 11.0. The number of piperidine rings is 2. The Balaban J connectivity index is 0.816. The number of fused-ring (bicyclic) bond motifs is 2. The molecule has 6 aliphatic rings. The van der Waals surface area contributed by atoms with Gasteiger partial charge < -0.3 is 39.0 Å². The predicted molar refractivity (Wildman–Crippen MR) is 234 cm³/mol. The van der Waals surface area contributed by atoms with Crippen LogP contribution in [0.5, 0.6) is 11.5 Å². The number of hydrogen-bond acceptors (Lipinski definition) is 10. The number of nitrogens with zero attached hydrogens (tertiary/aromatic N) is 6. The van der Waals surface area contributed by atoms with Crippen LogP contribution in [0.4, 0.5) is 10.5 Å². The first kappa shape index (κ1) is 41.9. The summed E-state index contributed by atoms with van der Waals surface area (Å²) in [6.07, 6.45) is 10.1. The second kappa shape index (κ2) is 17.0. The van der Waals surface area contributed by atoms with Gasteiger partial charge in [-0.15, -0.1) is 0 Å². The van der Waals surface area contributed by atoms with Gasteiger partial charge in [-0.1, -0.05) is 6.07 Å². The molecule has 1 unspecified atom stereocenters. The molecule has 1 aliphatic carbocycles. The van der Waals surface area contributed by atoms with Crippen LogP contribution in [0.2, 0.25) is 0 Å². The maximum absolute atomic E-state index is 13.4. The molecule has 4 fully saturated rings.